The minimum atomic E-state index is -0.402. The zero-order chi connectivity index (χ0) is 14.5. The molecule has 1 aromatic carbocycles. The molecular weight excluding hydrogens is 345 g/mol. The number of hydrogen-bond donors (Lipinski definition) is 1. The van der Waals surface area contributed by atoms with Crippen LogP contribution in [0, 0.1) is 12.7 Å². The van der Waals surface area contributed by atoms with Crippen molar-refractivity contribution >= 4 is 39.4 Å². The van der Waals surface area contributed by atoms with Gasteiger partial charge in [0, 0.05) is 15.4 Å². The van der Waals surface area contributed by atoms with Crippen LogP contribution in [0.15, 0.2) is 33.2 Å². The first-order valence-electron chi connectivity index (χ1n) is 5.72. The van der Waals surface area contributed by atoms with Gasteiger partial charge in [0.05, 0.1) is 23.3 Å². The smallest absolute Gasteiger partial charge is 0.246 e. The molecule has 1 heterocycles. The van der Waals surface area contributed by atoms with Crippen molar-refractivity contribution < 1.29 is 9.18 Å². The maximum Gasteiger partial charge on any atom is 0.246 e. The molecule has 0 aliphatic carbocycles. The van der Waals surface area contributed by atoms with E-state index in [1.807, 2.05) is 12.3 Å². The number of hydrazone groups is 1. The maximum absolute atomic E-state index is 13.4. The van der Waals surface area contributed by atoms with Crippen LogP contribution in [0.1, 0.15) is 16.3 Å². The van der Waals surface area contributed by atoms with Gasteiger partial charge in [0.25, 0.3) is 0 Å². The molecule has 4 nitrogen and oxygen atoms in total. The van der Waals surface area contributed by atoms with Gasteiger partial charge in [0.2, 0.25) is 5.91 Å². The van der Waals surface area contributed by atoms with Gasteiger partial charge < -0.3 is 0 Å². The number of aryl methyl sites for hydroxylation is 1. The molecule has 0 radical (unpaired) electrons. The van der Waals surface area contributed by atoms with Crippen LogP contribution in [0.25, 0.3) is 0 Å². The second-order valence-corrected chi connectivity index (χ2v) is 5.97. The predicted molar refractivity (Wildman–Crippen MR) is 80.4 cm³/mol. The van der Waals surface area contributed by atoms with Crippen molar-refractivity contribution in [2.45, 2.75) is 13.3 Å². The van der Waals surface area contributed by atoms with Gasteiger partial charge in [-0.15, -0.1) is 11.3 Å². The molecule has 0 aliphatic heterocycles. The number of benzene rings is 1. The third-order valence-electron chi connectivity index (χ3n) is 2.36. The minimum absolute atomic E-state index is 0.155. The molecule has 104 valence electrons. The Morgan fingerprint density at radius 2 is 2.40 bits per heavy atom. The highest BCUT2D eigenvalue weighted by Gasteiger charge is 2.05. The third kappa shape index (κ3) is 4.21. The Kier molecular flexibility index (Phi) is 4.97. The van der Waals surface area contributed by atoms with Gasteiger partial charge >= 0.3 is 0 Å². The number of halogens is 2. The Balaban J connectivity index is 1.92. The van der Waals surface area contributed by atoms with E-state index in [9.17, 15) is 9.18 Å². The fourth-order valence-corrected chi connectivity index (χ4v) is 2.47. The Bertz CT molecular complexity index is 657. The van der Waals surface area contributed by atoms with Crippen LogP contribution in [0.5, 0.6) is 0 Å². The van der Waals surface area contributed by atoms with Crippen LogP contribution in [0.4, 0.5) is 4.39 Å². The molecule has 0 saturated heterocycles. The summed E-state index contributed by atoms with van der Waals surface area (Å²) in [6, 6.07) is 4.50. The SMILES string of the molecule is Cc1nc(CC(=O)N/N=C\c2cc(Br)ccc2F)cs1. The van der Waals surface area contributed by atoms with E-state index >= 15 is 0 Å². The second kappa shape index (κ2) is 6.71. The van der Waals surface area contributed by atoms with Crippen molar-refractivity contribution in [1.29, 1.82) is 0 Å². The average molecular weight is 356 g/mol. The van der Waals surface area contributed by atoms with Crippen molar-refractivity contribution in [2.24, 2.45) is 5.10 Å². The van der Waals surface area contributed by atoms with E-state index in [1.54, 1.807) is 12.1 Å². The fraction of sp³-hybridized carbons (Fsp3) is 0.154. The number of carbonyl (C=O) groups excluding carboxylic acids is 1. The summed E-state index contributed by atoms with van der Waals surface area (Å²) < 4.78 is 14.2. The number of hydrogen-bond acceptors (Lipinski definition) is 4. The summed E-state index contributed by atoms with van der Waals surface area (Å²) in [5.41, 5.74) is 3.35. The first kappa shape index (κ1) is 14.8. The monoisotopic (exact) mass is 355 g/mol. The summed E-state index contributed by atoms with van der Waals surface area (Å²) in [5, 5.41) is 6.47. The molecule has 0 spiro atoms. The lowest BCUT2D eigenvalue weighted by Crippen LogP contribution is -2.20. The molecule has 2 rings (SSSR count). The zero-order valence-electron chi connectivity index (χ0n) is 10.6. The maximum atomic E-state index is 13.4. The summed E-state index contributed by atoms with van der Waals surface area (Å²) in [6.07, 6.45) is 1.42. The summed E-state index contributed by atoms with van der Waals surface area (Å²) in [7, 11) is 0. The summed E-state index contributed by atoms with van der Waals surface area (Å²) >= 11 is 4.73. The van der Waals surface area contributed by atoms with Crippen LogP contribution < -0.4 is 5.43 Å². The summed E-state index contributed by atoms with van der Waals surface area (Å²) in [6.45, 7) is 1.88. The Morgan fingerprint density at radius 3 is 3.10 bits per heavy atom. The van der Waals surface area contributed by atoms with Crippen molar-refractivity contribution in [1.82, 2.24) is 10.4 Å². The molecular formula is C13H11BrFN3OS. The summed E-state index contributed by atoms with van der Waals surface area (Å²) in [4.78, 5) is 15.8. The van der Waals surface area contributed by atoms with Crippen LogP contribution in [0.2, 0.25) is 0 Å². The molecule has 0 aliphatic rings. The Morgan fingerprint density at radius 1 is 1.60 bits per heavy atom. The number of aromatic nitrogens is 1. The highest BCUT2D eigenvalue weighted by molar-refractivity contribution is 9.10. The molecule has 0 unspecified atom stereocenters. The van der Waals surface area contributed by atoms with E-state index in [4.69, 9.17) is 0 Å². The molecule has 7 heteroatoms. The first-order valence-corrected chi connectivity index (χ1v) is 7.40. The zero-order valence-corrected chi connectivity index (χ0v) is 13.0. The van der Waals surface area contributed by atoms with Crippen LogP contribution in [-0.2, 0) is 11.2 Å². The van der Waals surface area contributed by atoms with Gasteiger partial charge in [-0.2, -0.15) is 5.10 Å². The summed E-state index contributed by atoms with van der Waals surface area (Å²) in [5.74, 6) is -0.691. The molecule has 0 fully saturated rings. The van der Waals surface area contributed by atoms with E-state index in [-0.39, 0.29) is 12.3 Å². The molecule has 0 atom stereocenters. The number of thiazole rings is 1. The van der Waals surface area contributed by atoms with Gasteiger partial charge in [-0.1, -0.05) is 15.9 Å². The van der Waals surface area contributed by atoms with E-state index in [0.29, 0.717) is 11.3 Å². The molecule has 0 saturated carbocycles. The topological polar surface area (TPSA) is 54.4 Å². The van der Waals surface area contributed by atoms with Crippen molar-refractivity contribution in [2.75, 3.05) is 0 Å². The van der Waals surface area contributed by atoms with Crippen LogP contribution in [0.3, 0.4) is 0 Å². The van der Waals surface area contributed by atoms with Crippen molar-refractivity contribution in [3.8, 4) is 0 Å². The number of nitrogens with one attached hydrogen (secondary N) is 1. The standard InChI is InChI=1S/C13H11BrFN3OS/c1-8-17-11(7-20-8)5-13(19)18-16-6-9-4-10(14)2-3-12(9)15/h2-4,6-7H,5H2,1H3,(H,18,19)/b16-6-. The van der Waals surface area contributed by atoms with Gasteiger partial charge in [-0.3, -0.25) is 4.79 Å². The van der Waals surface area contributed by atoms with E-state index < -0.39 is 5.82 Å². The molecule has 2 aromatic rings. The quantitative estimate of drug-likeness (QED) is 0.676. The van der Waals surface area contributed by atoms with Crippen LogP contribution in [-0.4, -0.2) is 17.1 Å². The highest BCUT2D eigenvalue weighted by Crippen LogP contribution is 2.13. The molecule has 20 heavy (non-hydrogen) atoms. The minimum Gasteiger partial charge on any atom is -0.273 e. The Hall–Kier alpha value is -1.60. The number of rotatable bonds is 4. The lowest BCUT2D eigenvalue weighted by molar-refractivity contribution is -0.120. The van der Waals surface area contributed by atoms with Gasteiger partial charge in [-0.05, 0) is 25.1 Å². The Labute approximate surface area is 127 Å². The van der Waals surface area contributed by atoms with Crippen molar-refractivity contribution in [3.05, 3.63) is 50.1 Å². The lowest BCUT2D eigenvalue weighted by Gasteiger charge is -1.99. The fourth-order valence-electron chi connectivity index (χ4n) is 1.48. The van der Waals surface area contributed by atoms with E-state index in [0.717, 1.165) is 9.48 Å². The predicted octanol–water partition coefficient (Wildman–Crippen LogP) is 3.05. The highest BCUT2D eigenvalue weighted by atomic mass is 79.9. The number of carbonyl (C=O) groups is 1. The largest absolute Gasteiger partial charge is 0.273 e. The molecule has 0 bridgehead atoms. The number of amides is 1. The molecule has 1 N–H and O–H groups in total. The third-order valence-corrected chi connectivity index (χ3v) is 3.67. The molecule has 1 amide bonds. The first-order chi connectivity index (χ1) is 9.54. The second-order valence-electron chi connectivity index (χ2n) is 3.99. The lowest BCUT2D eigenvalue weighted by atomic mass is 10.2. The van der Waals surface area contributed by atoms with E-state index in [1.165, 1.54) is 23.6 Å². The average Bonchev–Trinajstić information content (AvgIpc) is 2.79. The van der Waals surface area contributed by atoms with Gasteiger partial charge in [-0.25, -0.2) is 14.8 Å². The normalized spacial score (nSPS) is 10.9. The van der Waals surface area contributed by atoms with Crippen molar-refractivity contribution in [3.63, 3.8) is 0 Å². The van der Waals surface area contributed by atoms with Gasteiger partial charge in [0.1, 0.15) is 5.82 Å². The van der Waals surface area contributed by atoms with Gasteiger partial charge in [0.15, 0.2) is 0 Å². The number of nitrogens with zero attached hydrogens (tertiary/aromatic N) is 2. The van der Waals surface area contributed by atoms with Crippen LogP contribution >= 0.6 is 27.3 Å². The van der Waals surface area contributed by atoms with E-state index in [2.05, 4.69) is 31.4 Å². The molecule has 1 aromatic heterocycles.